The van der Waals surface area contributed by atoms with Gasteiger partial charge in [0.15, 0.2) is 0 Å². The van der Waals surface area contributed by atoms with Crippen LogP contribution in [-0.4, -0.2) is 12.1 Å². The Balaban J connectivity index is 2.16. The molecule has 0 aliphatic heterocycles. The molecule has 23 heavy (non-hydrogen) atoms. The summed E-state index contributed by atoms with van der Waals surface area (Å²) in [4.78, 5) is 12.6. The van der Waals surface area contributed by atoms with Crippen molar-refractivity contribution in [3.63, 3.8) is 0 Å². The van der Waals surface area contributed by atoms with Gasteiger partial charge in [-0.15, -0.1) is 0 Å². The number of carbonyl (C=O) groups is 1. The number of para-hydroxylation sites is 1. The van der Waals surface area contributed by atoms with Gasteiger partial charge in [-0.25, -0.2) is 4.79 Å². The van der Waals surface area contributed by atoms with Gasteiger partial charge in [-0.05, 0) is 41.7 Å². The standard InChI is InChI=1S/C20H32N2O/c1-13(2)16-10-8-11-17(14(3)4)19(16)22-20(23)21-18-12-7-6-9-15(18)5/h8,10-11,13-15,18H,6-7,9,12H2,1-5H3,(H2,21,22,23). The van der Waals surface area contributed by atoms with Gasteiger partial charge in [0.2, 0.25) is 0 Å². The van der Waals surface area contributed by atoms with Gasteiger partial charge < -0.3 is 10.6 Å². The number of anilines is 1. The lowest BCUT2D eigenvalue weighted by Crippen LogP contribution is -2.43. The van der Waals surface area contributed by atoms with E-state index in [2.05, 4.69) is 63.5 Å². The zero-order valence-corrected chi connectivity index (χ0v) is 15.3. The molecule has 1 fully saturated rings. The Morgan fingerprint density at radius 2 is 1.61 bits per heavy atom. The lowest BCUT2D eigenvalue weighted by molar-refractivity contribution is 0.232. The van der Waals surface area contributed by atoms with Crippen molar-refractivity contribution in [2.45, 2.75) is 78.2 Å². The van der Waals surface area contributed by atoms with E-state index < -0.39 is 0 Å². The number of nitrogens with one attached hydrogen (secondary N) is 2. The molecule has 1 aromatic carbocycles. The molecule has 1 aliphatic rings. The van der Waals surface area contributed by atoms with Gasteiger partial charge in [0.25, 0.3) is 0 Å². The molecule has 2 atom stereocenters. The van der Waals surface area contributed by atoms with Gasteiger partial charge in [0.1, 0.15) is 0 Å². The van der Waals surface area contributed by atoms with Gasteiger partial charge in [0, 0.05) is 11.7 Å². The molecule has 1 saturated carbocycles. The van der Waals surface area contributed by atoms with Crippen molar-refractivity contribution in [2.75, 3.05) is 5.32 Å². The molecule has 2 unspecified atom stereocenters. The SMILES string of the molecule is CC(C)c1cccc(C(C)C)c1NC(=O)NC1CCCCC1C. The number of amides is 2. The van der Waals surface area contributed by atoms with Crippen LogP contribution in [0, 0.1) is 5.92 Å². The molecule has 0 heterocycles. The molecule has 3 heteroatoms. The normalized spacial score (nSPS) is 21.5. The molecule has 0 bridgehead atoms. The van der Waals surface area contributed by atoms with E-state index in [1.54, 1.807) is 0 Å². The fourth-order valence-electron chi connectivity index (χ4n) is 3.54. The Hall–Kier alpha value is -1.51. The molecule has 2 N–H and O–H groups in total. The summed E-state index contributed by atoms with van der Waals surface area (Å²) in [5, 5.41) is 6.36. The number of hydrogen-bond donors (Lipinski definition) is 2. The molecule has 128 valence electrons. The topological polar surface area (TPSA) is 41.1 Å². The first-order chi connectivity index (χ1) is 10.9. The average molecular weight is 316 g/mol. The molecule has 1 aliphatic carbocycles. The van der Waals surface area contributed by atoms with Crippen LogP contribution in [0.1, 0.15) is 83.3 Å². The summed E-state index contributed by atoms with van der Waals surface area (Å²) in [6.45, 7) is 10.9. The van der Waals surface area contributed by atoms with Gasteiger partial charge in [-0.2, -0.15) is 0 Å². The Bertz CT molecular complexity index is 510. The number of benzene rings is 1. The predicted molar refractivity (Wildman–Crippen MR) is 98.2 cm³/mol. The zero-order valence-electron chi connectivity index (χ0n) is 15.3. The average Bonchev–Trinajstić information content (AvgIpc) is 2.49. The van der Waals surface area contributed by atoms with Crippen LogP contribution in [0.4, 0.5) is 10.5 Å². The minimum absolute atomic E-state index is 0.0567. The first kappa shape index (κ1) is 17.8. The summed E-state index contributed by atoms with van der Waals surface area (Å²) in [5.74, 6) is 1.34. The van der Waals surface area contributed by atoms with Crippen molar-refractivity contribution in [1.82, 2.24) is 5.32 Å². The Morgan fingerprint density at radius 3 is 2.13 bits per heavy atom. The molecular weight excluding hydrogens is 284 g/mol. The van der Waals surface area contributed by atoms with Crippen molar-refractivity contribution < 1.29 is 4.79 Å². The monoisotopic (exact) mass is 316 g/mol. The van der Waals surface area contributed by atoms with Gasteiger partial charge in [-0.3, -0.25) is 0 Å². The summed E-state index contributed by atoms with van der Waals surface area (Å²) in [7, 11) is 0. The third-order valence-corrected chi connectivity index (χ3v) is 5.04. The first-order valence-electron chi connectivity index (χ1n) is 9.10. The molecule has 2 rings (SSSR count). The first-order valence-corrected chi connectivity index (χ1v) is 9.10. The highest BCUT2D eigenvalue weighted by Crippen LogP contribution is 2.32. The summed E-state index contributed by atoms with van der Waals surface area (Å²) in [6, 6.07) is 6.58. The van der Waals surface area contributed by atoms with E-state index in [1.165, 1.54) is 30.4 Å². The van der Waals surface area contributed by atoms with Crippen LogP contribution in [0.2, 0.25) is 0 Å². The Labute approximate surface area is 141 Å². The lowest BCUT2D eigenvalue weighted by atomic mass is 9.86. The number of carbonyl (C=O) groups excluding carboxylic acids is 1. The van der Waals surface area contributed by atoms with E-state index in [0.717, 1.165) is 12.1 Å². The maximum atomic E-state index is 12.6. The van der Waals surface area contributed by atoms with Crippen molar-refractivity contribution in [3.8, 4) is 0 Å². The van der Waals surface area contributed by atoms with Crippen LogP contribution in [0.3, 0.4) is 0 Å². The largest absolute Gasteiger partial charge is 0.335 e. The van der Waals surface area contributed by atoms with E-state index in [9.17, 15) is 4.79 Å². The van der Waals surface area contributed by atoms with Crippen LogP contribution in [0.5, 0.6) is 0 Å². The molecule has 2 amide bonds. The smallest absolute Gasteiger partial charge is 0.319 e. The second-order valence-electron chi connectivity index (χ2n) is 7.59. The lowest BCUT2D eigenvalue weighted by Gasteiger charge is -2.30. The third kappa shape index (κ3) is 4.49. The highest BCUT2D eigenvalue weighted by molar-refractivity contribution is 5.91. The second-order valence-corrected chi connectivity index (χ2v) is 7.59. The van der Waals surface area contributed by atoms with Crippen molar-refractivity contribution in [3.05, 3.63) is 29.3 Å². The quantitative estimate of drug-likeness (QED) is 0.742. The molecule has 1 aromatic rings. The van der Waals surface area contributed by atoms with Crippen LogP contribution < -0.4 is 10.6 Å². The van der Waals surface area contributed by atoms with E-state index in [4.69, 9.17) is 0 Å². The predicted octanol–water partition coefficient (Wildman–Crippen LogP) is 5.63. The maximum Gasteiger partial charge on any atom is 0.319 e. The molecule has 0 spiro atoms. The summed E-state index contributed by atoms with van der Waals surface area (Å²) in [6.07, 6.45) is 4.81. The number of urea groups is 1. The van der Waals surface area contributed by atoms with Crippen molar-refractivity contribution in [2.24, 2.45) is 5.92 Å². The highest BCUT2D eigenvalue weighted by atomic mass is 16.2. The van der Waals surface area contributed by atoms with Crippen LogP contribution >= 0.6 is 0 Å². The second kappa shape index (κ2) is 7.85. The summed E-state index contributed by atoms with van der Waals surface area (Å²) in [5.41, 5.74) is 3.42. The van der Waals surface area contributed by atoms with Crippen molar-refractivity contribution >= 4 is 11.7 Å². The van der Waals surface area contributed by atoms with Gasteiger partial charge in [0.05, 0.1) is 0 Å². The molecule has 0 aromatic heterocycles. The number of hydrogen-bond acceptors (Lipinski definition) is 1. The molecule has 3 nitrogen and oxygen atoms in total. The van der Waals surface area contributed by atoms with Crippen molar-refractivity contribution in [1.29, 1.82) is 0 Å². The Morgan fingerprint density at radius 1 is 1.04 bits per heavy atom. The van der Waals surface area contributed by atoms with E-state index in [1.807, 2.05) is 0 Å². The van der Waals surface area contributed by atoms with Crippen LogP contribution in [0.25, 0.3) is 0 Å². The summed E-state index contributed by atoms with van der Waals surface area (Å²) >= 11 is 0. The van der Waals surface area contributed by atoms with Crippen LogP contribution in [-0.2, 0) is 0 Å². The van der Waals surface area contributed by atoms with Crippen LogP contribution in [0.15, 0.2) is 18.2 Å². The summed E-state index contributed by atoms with van der Waals surface area (Å²) < 4.78 is 0. The molecule has 0 saturated heterocycles. The third-order valence-electron chi connectivity index (χ3n) is 5.04. The minimum atomic E-state index is -0.0567. The fraction of sp³-hybridized carbons (Fsp3) is 0.650. The minimum Gasteiger partial charge on any atom is -0.335 e. The Kier molecular flexibility index (Phi) is 6.09. The molecular formula is C20H32N2O. The van der Waals surface area contributed by atoms with E-state index >= 15 is 0 Å². The zero-order chi connectivity index (χ0) is 17.0. The fourth-order valence-corrected chi connectivity index (χ4v) is 3.54. The maximum absolute atomic E-state index is 12.6. The van der Waals surface area contributed by atoms with Gasteiger partial charge >= 0.3 is 6.03 Å². The van der Waals surface area contributed by atoms with E-state index in [-0.39, 0.29) is 6.03 Å². The highest BCUT2D eigenvalue weighted by Gasteiger charge is 2.23. The van der Waals surface area contributed by atoms with E-state index in [0.29, 0.717) is 23.8 Å². The number of rotatable bonds is 4. The molecule has 0 radical (unpaired) electrons. The van der Waals surface area contributed by atoms with Gasteiger partial charge in [-0.1, -0.05) is 65.7 Å².